The van der Waals surface area contributed by atoms with Crippen LogP contribution in [0.3, 0.4) is 0 Å². The number of carbonyl (C=O) groups excluding carboxylic acids is 1. The Hall–Kier alpha value is -2.30. The molecule has 0 bridgehead atoms. The quantitative estimate of drug-likeness (QED) is 0.427. The summed E-state index contributed by atoms with van der Waals surface area (Å²) in [5, 5.41) is 0. The molecule has 1 aromatic heterocycles. The van der Waals surface area contributed by atoms with E-state index in [4.69, 9.17) is 13.8 Å². The Morgan fingerprint density at radius 2 is 1.97 bits per heavy atom. The Morgan fingerprint density at radius 3 is 2.68 bits per heavy atom. The maximum Gasteiger partial charge on any atom is 0.262 e. The van der Waals surface area contributed by atoms with E-state index in [1.807, 2.05) is 65.0 Å². The van der Waals surface area contributed by atoms with Crippen LogP contribution in [0, 0.1) is 5.41 Å². The van der Waals surface area contributed by atoms with Gasteiger partial charge < -0.3 is 8.80 Å². The fourth-order valence-corrected chi connectivity index (χ4v) is 7.28. The zero-order chi connectivity index (χ0) is 23.3. The molecule has 3 aromatic rings. The number of benzene rings is 2. The third-order valence-corrected chi connectivity index (χ3v) is 9.37. The highest BCUT2D eigenvalue weighted by Crippen LogP contribution is 2.62. The minimum absolute atomic E-state index is 0.00268. The van der Waals surface area contributed by atoms with Crippen molar-refractivity contribution in [2.75, 3.05) is 0 Å². The maximum atomic E-state index is 14.4. The van der Waals surface area contributed by atoms with Crippen molar-refractivity contribution in [3.8, 4) is 10.4 Å². The molecule has 0 radical (unpaired) electrons. The number of nitrogens with two attached hydrogens (primary N) is 1. The molecule has 1 atom stereocenters. The van der Waals surface area contributed by atoms with E-state index in [9.17, 15) is 4.79 Å². The summed E-state index contributed by atoms with van der Waals surface area (Å²) in [6.07, 6.45) is 6.53. The van der Waals surface area contributed by atoms with E-state index in [1.54, 1.807) is 16.2 Å². The van der Waals surface area contributed by atoms with Crippen LogP contribution in [0.25, 0.3) is 10.4 Å². The lowest BCUT2D eigenvalue weighted by molar-refractivity contribution is -0.138. The van der Waals surface area contributed by atoms with Crippen molar-refractivity contribution in [1.29, 1.82) is 0 Å². The van der Waals surface area contributed by atoms with Gasteiger partial charge in [0.2, 0.25) is 0 Å². The van der Waals surface area contributed by atoms with Crippen molar-refractivity contribution in [3.63, 3.8) is 0 Å². The molecule has 1 fully saturated rings. The van der Waals surface area contributed by atoms with Crippen molar-refractivity contribution in [1.82, 2.24) is 9.88 Å². The number of halogens is 1. The Bertz CT molecular complexity index is 1260. The zero-order valence-electron chi connectivity index (χ0n) is 18.6. The van der Waals surface area contributed by atoms with E-state index >= 15 is 0 Å². The van der Waals surface area contributed by atoms with Gasteiger partial charge in [-0.2, -0.15) is 0 Å². The largest absolute Gasteiger partial charge is 0.369 e. The number of hydrogen-bond acceptors (Lipinski definition) is 6. The molecule has 1 amide bonds. The number of fused-ring (bicyclic) bond motifs is 3. The molecule has 2 aliphatic carbocycles. The summed E-state index contributed by atoms with van der Waals surface area (Å²) in [5.74, 6) is 0.319. The smallest absolute Gasteiger partial charge is 0.262 e. The van der Waals surface area contributed by atoms with Crippen LogP contribution in [0.4, 0.5) is 0 Å². The second-order valence-electron chi connectivity index (χ2n) is 9.54. The van der Waals surface area contributed by atoms with Gasteiger partial charge in [-0.15, -0.1) is 11.3 Å². The summed E-state index contributed by atoms with van der Waals surface area (Å²) in [6, 6.07) is 16.5. The number of carbonyl (C=O) groups is 1. The number of aliphatic imine (C=N–C) groups is 1. The Morgan fingerprint density at radius 1 is 1.18 bits per heavy atom. The van der Waals surface area contributed by atoms with Crippen molar-refractivity contribution in [2.24, 2.45) is 16.1 Å². The van der Waals surface area contributed by atoms with Crippen LogP contribution in [0.5, 0.6) is 0 Å². The lowest BCUT2D eigenvalue weighted by Gasteiger charge is -2.45. The number of thiazole rings is 1. The third kappa shape index (κ3) is 3.25. The minimum atomic E-state index is -0.988. The summed E-state index contributed by atoms with van der Waals surface area (Å²) in [6.45, 7) is 0.427. The molecule has 1 aliphatic heterocycles. The first-order valence-electron chi connectivity index (χ1n) is 11.6. The lowest BCUT2D eigenvalue weighted by Crippen LogP contribution is -2.51. The molecular weight excluding hydrogens is 559 g/mol. The second-order valence-corrected chi connectivity index (χ2v) is 10.9. The standard InChI is InChI=1S/C26H25IN4O2S/c27-33-20-8-10-25(11-9-20)13-19-7-6-18(22-14-29-16-34-22)12-21(19)26(25)23(32)31(24(28)30-26)15-17-4-2-1-3-5-17/h1-7,12,14,16,20H,8-11,13,15H2,(H2,28,30). The summed E-state index contributed by atoms with van der Waals surface area (Å²) in [5.41, 5.74) is 11.4. The molecular formula is C26H25IN4O2S. The monoisotopic (exact) mass is 584 g/mol. The first-order chi connectivity index (χ1) is 16.6. The van der Waals surface area contributed by atoms with E-state index in [0.29, 0.717) is 12.5 Å². The molecule has 1 saturated carbocycles. The highest BCUT2D eigenvalue weighted by molar-refractivity contribution is 14.1. The van der Waals surface area contributed by atoms with E-state index in [1.165, 1.54) is 5.56 Å². The number of guanidine groups is 1. The van der Waals surface area contributed by atoms with Crippen molar-refractivity contribution in [3.05, 3.63) is 76.9 Å². The van der Waals surface area contributed by atoms with Gasteiger partial charge in [-0.3, -0.25) is 14.7 Å². The molecule has 6 rings (SSSR count). The number of aromatic nitrogens is 1. The Kier molecular flexibility index (Phi) is 5.50. The first kappa shape index (κ1) is 22.2. The minimum Gasteiger partial charge on any atom is -0.369 e. The maximum absolute atomic E-state index is 14.4. The number of rotatable bonds is 4. The van der Waals surface area contributed by atoms with Gasteiger partial charge in [0.25, 0.3) is 5.91 Å². The zero-order valence-corrected chi connectivity index (χ0v) is 21.6. The SMILES string of the molecule is NC1=NC2(C(=O)N1Cc1ccccc1)c1cc(-c3cncs3)ccc1CC21CCC(OI)CC1. The average Bonchev–Trinajstić information content (AvgIpc) is 3.55. The Balaban J connectivity index is 1.47. The summed E-state index contributed by atoms with van der Waals surface area (Å²) in [7, 11) is 0. The van der Waals surface area contributed by atoms with Gasteiger partial charge in [0.05, 0.1) is 23.0 Å². The van der Waals surface area contributed by atoms with E-state index in [0.717, 1.165) is 53.7 Å². The highest BCUT2D eigenvalue weighted by atomic mass is 127. The summed E-state index contributed by atoms with van der Waals surface area (Å²) in [4.78, 5) is 26.5. The summed E-state index contributed by atoms with van der Waals surface area (Å²) < 4.78 is 5.65. The van der Waals surface area contributed by atoms with Crippen LogP contribution in [0.15, 0.2) is 65.2 Å². The van der Waals surface area contributed by atoms with Gasteiger partial charge in [-0.1, -0.05) is 42.5 Å². The fraction of sp³-hybridized carbons (Fsp3) is 0.346. The van der Waals surface area contributed by atoms with Crippen molar-refractivity contribution >= 4 is 46.2 Å². The van der Waals surface area contributed by atoms with Crippen LogP contribution in [0.2, 0.25) is 0 Å². The predicted octanol–water partition coefficient (Wildman–Crippen LogP) is 5.21. The number of nitrogens with zero attached hydrogens (tertiary/aromatic N) is 3. The van der Waals surface area contributed by atoms with Gasteiger partial charge in [0.1, 0.15) is 23.0 Å². The van der Waals surface area contributed by atoms with Gasteiger partial charge in [-0.05, 0) is 60.4 Å². The molecule has 6 nitrogen and oxygen atoms in total. The predicted molar refractivity (Wildman–Crippen MR) is 141 cm³/mol. The summed E-state index contributed by atoms with van der Waals surface area (Å²) >= 11 is 3.61. The number of hydrogen-bond donors (Lipinski definition) is 1. The topological polar surface area (TPSA) is 80.8 Å². The lowest BCUT2D eigenvalue weighted by atomic mass is 9.61. The fourth-order valence-electron chi connectivity index (χ4n) is 6.15. The molecule has 2 spiro atoms. The van der Waals surface area contributed by atoms with Gasteiger partial charge >= 0.3 is 0 Å². The molecule has 8 heteroatoms. The van der Waals surface area contributed by atoms with Gasteiger partial charge in [-0.25, -0.2) is 4.99 Å². The van der Waals surface area contributed by atoms with Crippen LogP contribution in [0.1, 0.15) is 42.4 Å². The van der Waals surface area contributed by atoms with Crippen LogP contribution < -0.4 is 5.73 Å². The van der Waals surface area contributed by atoms with Crippen molar-refractivity contribution < 1.29 is 7.86 Å². The van der Waals surface area contributed by atoms with Crippen LogP contribution in [-0.4, -0.2) is 27.9 Å². The first-order valence-corrected chi connectivity index (χ1v) is 13.3. The molecule has 34 heavy (non-hydrogen) atoms. The molecule has 2 N–H and O–H groups in total. The molecule has 0 saturated heterocycles. The third-order valence-electron chi connectivity index (χ3n) is 7.83. The second kappa shape index (κ2) is 8.42. The van der Waals surface area contributed by atoms with E-state index in [-0.39, 0.29) is 17.4 Å². The van der Waals surface area contributed by atoms with E-state index < -0.39 is 5.54 Å². The average molecular weight is 584 g/mol. The number of amides is 1. The highest BCUT2D eigenvalue weighted by Gasteiger charge is 2.66. The Labute approximate surface area is 216 Å². The molecule has 1 unspecified atom stereocenters. The normalized spacial score (nSPS) is 28.0. The van der Waals surface area contributed by atoms with E-state index in [2.05, 4.69) is 23.2 Å². The van der Waals surface area contributed by atoms with Crippen LogP contribution in [-0.2, 0) is 26.4 Å². The molecule has 3 aliphatic rings. The van der Waals surface area contributed by atoms with Crippen molar-refractivity contribution in [2.45, 2.75) is 50.3 Å². The van der Waals surface area contributed by atoms with Gasteiger partial charge in [0.15, 0.2) is 11.5 Å². The molecule has 2 aromatic carbocycles. The molecule has 174 valence electrons. The molecule has 2 heterocycles. The van der Waals surface area contributed by atoms with Crippen LogP contribution >= 0.6 is 34.3 Å². The van der Waals surface area contributed by atoms with Gasteiger partial charge in [0, 0.05) is 11.6 Å².